The SMILES string of the molecule is Cc1ccc(F)c(OCC(=O)NCCO)c1. The predicted molar refractivity (Wildman–Crippen MR) is 56.7 cm³/mol. The molecular weight excluding hydrogens is 213 g/mol. The number of aliphatic hydroxyl groups is 1. The average Bonchev–Trinajstić information content (AvgIpc) is 2.27. The molecule has 1 amide bonds. The lowest BCUT2D eigenvalue weighted by atomic mass is 10.2. The molecule has 2 N–H and O–H groups in total. The third kappa shape index (κ3) is 3.86. The predicted octanol–water partition coefficient (Wildman–Crippen LogP) is 0.621. The summed E-state index contributed by atoms with van der Waals surface area (Å²) in [6.07, 6.45) is 0. The second-order valence-electron chi connectivity index (χ2n) is 3.30. The molecule has 88 valence electrons. The average molecular weight is 227 g/mol. The normalized spacial score (nSPS) is 9.94. The van der Waals surface area contributed by atoms with Crippen molar-refractivity contribution < 1.29 is 19.0 Å². The van der Waals surface area contributed by atoms with Gasteiger partial charge in [0.1, 0.15) is 0 Å². The zero-order valence-electron chi connectivity index (χ0n) is 9.00. The molecule has 1 aromatic rings. The van der Waals surface area contributed by atoms with Crippen LogP contribution in [0.2, 0.25) is 0 Å². The van der Waals surface area contributed by atoms with Crippen molar-refractivity contribution in [2.45, 2.75) is 6.92 Å². The van der Waals surface area contributed by atoms with Gasteiger partial charge in [-0.2, -0.15) is 0 Å². The second kappa shape index (κ2) is 6.07. The number of hydrogen-bond acceptors (Lipinski definition) is 3. The van der Waals surface area contributed by atoms with E-state index in [4.69, 9.17) is 9.84 Å². The molecule has 5 heteroatoms. The van der Waals surface area contributed by atoms with E-state index in [1.165, 1.54) is 12.1 Å². The minimum atomic E-state index is -0.499. The van der Waals surface area contributed by atoms with Crippen molar-refractivity contribution in [1.82, 2.24) is 5.32 Å². The molecule has 0 aliphatic rings. The summed E-state index contributed by atoms with van der Waals surface area (Å²) in [5, 5.41) is 10.9. The van der Waals surface area contributed by atoms with E-state index in [0.29, 0.717) is 0 Å². The van der Waals surface area contributed by atoms with Gasteiger partial charge in [-0.05, 0) is 24.6 Å². The first-order valence-electron chi connectivity index (χ1n) is 4.90. The summed E-state index contributed by atoms with van der Waals surface area (Å²) in [6.45, 7) is 1.57. The Bertz CT molecular complexity index is 368. The Balaban J connectivity index is 2.47. The second-order valence-corrected chi connectivity index (χ2v) is 3.30. The van der Waals surface area contributed by atoms with Gasteiger partial charge in [-0.1, -0.05) is 6.07 Å². The molecule has 0 bridgehead atoms. The highest BCUT2D eigenvalue weighted by Gasteiger charge is 2.06. The van der Waals surface area contributed by atoms with Crippen molar-refractivity contribution in [3.05, 3.63) is 29.6 Å². The van der Waals surface area contributed by atoms with Crippen LogP contribution in [-0.4, -0.2) is 30.8 Å². The van der Waals surface area contributed by atoms with Crippen molar-refractivity contribution in [3.8, 4) is 5.75 Å². The van der Waals surface area contributed by atoms with Gasteiger partial charge in [-0.15, -0.1) is 0 Å². The molecule has 0 spiro atoms. The Morgan fingerprint density at radius 2 is 2.31 bits per heavy atom. The van der Waals surface area contributed by atoms with Gasteiger partial charge in [-0.25, -0.2) is 4.39 Å². The molecule has 0 fully saturated rings. The largest absolute Gasteiger partial charge is 0.481 e. The number of aliphatic hydroxyl groups excluding tert-OH is 1. The van der Waals surface area contributed by atoms with E-state index in [1.807, 2.05) is 0 Å². The number of aryl methyl sites for hydroxylation is 1. The molecule has 0 aromatic heterocycles. The number of amides is 1. The van der Waals surface area contributed by atoms with Gasteiger partial charge in [-0.3, -0.25) is 4.79 Å². The van der Waals surface area contributed by atoms with E-state index in [0.717, 1.165) is 5.56 Å². The minimum Gasteiger partial charge on any atom is -0.481 e. The van der Waals surface area contributed by atoms with E-state index >= 15 is 0 Å². The summed E-state index contributed by atoms with van der Waals surface area (Å²) in [7, 11) is 0. The first-order chi connectivity index (χ1) is 7.63. The van der Waals surface area contributed by atoms with E-state index < -0.39 is 11.7 Å². The number of halogens is 1. The molecule has 0 unspecified atom stereocenters. The topological polar surface area (TPSA) is 58.6 Å². The minimum absolute atomic E-state index is 0.0548. The summed E-state index contributed by atoms with van der Waals surface area (Å²) >= 11 is 0. The van der Waals surface area contributed by atoms with E-state index in [9.17, 15) is 9.18 Å². The first kappa shape index (κ1) is 12.4. The van der Waals surface area contributed by atoms with Crippen LogP contribution in [0, 0.1) is 12.7 Å². The molecule has 16 heavy (non-hydrogen) atoms. The van der Waals surface area contributed by atoms with Gasteiger partial charge in [0.25, 0.3) is 5.91 Å². The smallest absolute Gasteiger partial charge is 0.258 e. The third-order valence-electron chi connectivity index (χ3n) is 1.88. The van der Waals surface area contributed by atoms with Crippen molar-refractivity contribution in [1.29, 1.82) is 0 Å². The monoisotopic (exact) mass is 227 g/mol. The van der Waals surface area contributed by atoms with Crippen molar-refractivity contribution in [2.24, 2.45) is 0 Å². The Morgan fingerprint density at radius 1 is 1.56 bits per heavy atom. The lowest BCUT2D eigenvalue weighted by Crippen LogP contribution is -2.31. The molecule has 1 rings (SSSR count). The number of benzene rings is 1. The van der Waals surface area contributed by atoms with Gasteiger partial charge in [0.2, 0.25) is 0 Å². The quantitative estimate of drug-likeness (QED) is 0.775. The maximum absolute atomic E-state index is 13.2. The van der Waals surface area contributed by atoms with E-state index in [2.05, 4.69) is 5.32 Å². The molecule has 0 saturated heterocycles. The Kier molecular flexibility index (Phi) is 4.72. The summed E-state index contributed by atoms with van der Waals surface area (Å²) < 4.78 is 18.2. The lowest BCUT2D eigenvalue weighted by molar-refractivity contribution is -0.123. The number of hydrogen-bond donors (Lipinski definition) is 2. The summed E-state index contributed by atoms with van der Waals surface area (Å²) in [6, 6.07) is 4.43. The van der Waals surface area contributed by atoms with Crippen LogP contribution in [0.1, 0.15) is 5.56 Å². The fraction of sp³-hybridized carbons (Fsp3) is 0.364. The molecule has 1 aromatic carbocycles. The highest BCUT2D eigenvalue weighted by atomic mass is 19.1. The number of rotatable bonds is 5. The number of carbonyl (C=O) groups is 1. The van der Waals surface area contributed by atoms with Crippen LogP contribution in [0.25, 0.3) is 0 Å². The van der Waals surface area contributed by atoms with Crippen molar-refractivity contribution in [2.75, 3.05) is 19.8 Å². The fourth-order valence-corrected chi connectivity index (χ4v) is 1.11. The van der Waals surface area contributed by atoms with Crippen LogP contribution in [0.15, 0.2) is 18.2 Å². The standard InChI is InChI=1S/C11H14FNO3/c1-8-2-3-9(12)10(6-8)16-7-11(15)13-4-5-14/h2-3,6,14H,4-5,7H2,1H3,(H,13,15). The third-order valence-corrected chi connectivity index (χ3v) is 1.88. The van der Waals surface area contributed by atoms with Crippen LogP contribution in [0.4, 0.5) is 4.39 Å². The summed E-state index contributed by atoms with van der Waals surface area (Å²) in [4.78, 5) is 11.1. The molecule has 4 nitrogen and oxygen atoms in total. The highest BCUT2D eigenvalue weighted by molar-refractivity contribution is 5.77. The van der Waals surface area contributed by atoms with E-state index in [-0.39, 0.29) is 25.5 Å². The molecule has 0 aliphatic carbocycles. The lowest BCUT2D eigenvalue weighted by Gasteiger charge is -2.07. The molecule has 0 aliphatic heterocycles. The molecular formula is C11H14FNO3. The van der Waals surface area contributed by atoms with Gasteiger partial charge in [0.15, 0.2) is 18.2 Å². The maximum atomic E-state index is 13.2. The van der Waals surface area contributed by atoms with Gasteiger partial charge in [0.05, 0.1) is 6.61 Å². The summed E-state index contributed by atoms with van der Waals surface area (Å²) in [5.74, 6) is -0.838. The van der Waals surface area contributed by atoms with E-state index in [1.54, 1.807) is 13.0 Å². The highest BCUT2D eigenvalue weighted by Crippen LogP contribution is 2.17. The molecule has 0 atom stereocenters. The van der Waals surface area contributed by atoms with Crippen LogP contribution < -0.4 is 10.1 Å². The number of ether oxygens (including phenoxy) is 1. The number of carbonyl (C=O) groups excluding carboxylic acids is 1. The zero-order valence-corrected chi connectivity index (χ0v) is 9.00. The van der Waals surface area contributed by atoms with Crippen molar-refractivity contribution >= 4 is 5.91 Å². The maximum Gasteiger partial charge on any atom is 0.258 e. The number of nitrogens with one attached hydrogen (secondary N) is 1. The van der Waals surface area contributed by atoms with Gasteiger partial charge in [0, 0.05) is 6.54 Å². The zero-order chi connectivity index (χ0) is 12.0. The van der Waals surface area contributed by atoms with Crippen LogP contribution in [0.5, 0.6) is 5.75 Å². The Labute approximate surface area is 93.0 Å². The Morgan fingerprint density at radius 3 is 3.00 bits per heavy atom. The molecule has 0 heterocycles. The first-order valence-corrected chi connectivity index (χ1v) is 4.90. The van der Waals surface area contributed by atoms with Crippen molar-refractivity contribution in [3.63, 3.8) is 0 Å². The van der Waals surface area contributed by atoms with Crippen LogP contribution in [0.3, 0.4) is 0 Å². The molecule has 0 radical (unpaired) electrons. The van der Waals surface area contributed by atoms with Crippen LogP contribution >= 0.6 is 0 Å². The van der Waals surface area contributed by atoms with Crippen LogP contribution in [-0.2, 0) is 4.79 Å². The summed E-state index contributed by atoms with van der Waals surface area (Å²) in [5.41, 5.74) is 0.854. The molecule has 0 saturated carbocycles. The van der Waals surface area contributed by atoms with Gasteiger partial charge < -0.3 is 15.2 Å². The van der Waals surface area contributed by atoms with Gasteiger partial charge >= 0.3 is 0 Å². The fourth-order valence-electron chi connectivity index (χ4n) is 1.11. The Hall–Kier alpha value is -1.62.